The molecule has 12 heteroatoms. The monoisotopic (exact) mass is 364 g/mol. The van der Waals surface area contributed by atoms with E-state index in [1.54, 1.807) is 0 Å². The minimum absolute atomic E-state index is 0.0302. The van der Waals surface area contributed by atoms with Crippen LogP contribution in [0, 0.1) is 28.8 Å². The summed E-state index contributed by atoms with van der Waals surface area (Å²) in [7, 11) is -5.15. The Labute approximate surface area is 131 Å². The van der Waals surface area contributed by atoms with Crippen LogP contribution in [-0.4, -0.2) is 18.6 Å². The highest BCUT2D eigenvalue weighted by atomic mass is 32.2. The number of hydrogen-bond donors (Lipinski definition) is 2. The Morgan fingerprint density at radius 1 is 1.25 bits per heavy atom. The van der Waals surface area contributed by atoms with Gasteiger partial charge in [0.05, 0.1) is 11.8 Å². The molecule has 0 saturated heterocycles. The lowest BCUT2D eigenvalue weighted by molar-refractivity contribution is 0.484. The Balaban J connectivity index is 2.56. The molecule has 0 spiro atoms. The molecule has 0 atom stereocenters. The fourth-order valence-corrected chi connectivity index (χ4v) is 2.42. The first-order valence-electron chi connectivity index (χ1n) is 5.84. The number of rotatable bonds is 4. The number of nitriles is 1. The molecule has 2 rings (SSSR count). The molecule has 1 aromatic heterocycles. The van der Waals surface area contributed by atoms with Gasteiger partial charge in [-0.25, -0.2) is 17.6 Å². The maximum atomic E-state index is 13.9. The average molecular weight is 364 g/mol. The SMILES string of the molecule is N#Cc1c(F)cc(C(F)=C(F)S(=O)(=O)Nc2ccn[nH]2)c(F)c1F. The lowest BCUT2D eigenvalue weighted by atomic mass is 10.1. The van der Waals surface area contributed by atoms with E-state index in [2.05, 4.69) is 10.2 Å². The Bertz CT molecular complexity index is 964. The molecule has 6 nitrogen and oxygen atoms in total. The highest BCUT2D eigenvalue weighted by Gasteiger charge is 2.29. The number of nitrogens with one attached hydrogen (secondary N) is 2. The zero-order valence-electron chi connectivity index (χ0n) is 11.2. The van der Waals surface area contributed by atoms with E-state index in [-0.39, 0.29) is 11.9 Å². The van der Waals surface area contributed by atoms with Crippen molar-refractivity contribution >= 4 is 21.7 Å². The zero-order chi connectivity index (χ0) is 18.1. The maximum absolute atomic E-state index is 13.9. The van der Waals surface area contributed by atoms with E-state index in [1.807, 2.05) is 0 Å². The van der Waals surface area contributed by atoms with Gasteiger partial charge in [0.25, 0.3) is 15.2 Å². The van der Waals surface area contributed by atoms with Crippen molar-refractivity contribution in [3.05, 3.63) is 52.1 Å². The van der Waals surface area contributed by atoms with E-state index in [1.165, 1.54) is 4.72 Å². The fraction of sp³-hybridized carbons (Fsp3) is 0. The molecule has 2 N–H and O–H groups in total. The van der Waals surface area contributed by atoms with E-state index >= 15 is 0 Å². The first-order valence-corrected chi connectivity index (χ1v) is 7.32. The lowest BCUT2D eigenvalue weighted by Crippen LogP contribution is -2.14. The van der Waals surface area contributed by atoms with Gasteiger partial charge >= 0.3 is 0 Å². The minimum atomic E-state index is -5.15. The van der Waals surface area contributed by atoms with Crippen LogP contribution in [0.3, 0.4) is 0 Å². The van der Waals surface area contributed by atoms with Gasteiger partial charge in [-0.15, -0.1) is 0 Å². The van der Waals surface area contributed by atoms with Crippen molar-refractivity contribution in [3.8, 4) is 6.07 Å². The number of hydrogen-bond acceptors (Lipinski definition) is 4. The quantitative estimate of drug-likeness (QED) is 0.644. The number of benzene rings is 1. The van der Waals surface area contributed by atoms with Crippen molar-refractivity contribution in [2.24, 2.45) is 0 Å². The van der Waals surface area contributed by atoms with Crippen LogP contribution in [0.15, 0.2) is 23.5 Å². The summed E-state index contributed by atoms with van der Waals surface area (Å²) >= 11 is 0. The number of nitrogens with zero attached hydrogens (tertiary/aromatic N) is 2. The number of anilines is 1. The predicted octanol–water partition coefficient (Wildman–Crippen LogP) is 2.71. The summed E-state index contributed by atoms with van der Waals surface area (Å²) in [5.74, 6) is -8.59. The number of aromatic amines is 1. The third-order valence-electron chi connectivity index (χ3n) is 2.66. The molecule has 1 heterocycles. The Hall–Kier alpha value is -2.94. The van der Waals surface area contributed by atoms with Gasteiger partial charge in [-0.2, -0.15) is 23.2 Å². The standard InChI is InChI=1S/C12H5F5N4O2S/c13-7-3-5(9(14)10(15)6(7)4-18)11(16)12(17)24(22,23)21-8-1-2-19-20-8/h1-3H,(H2,19,20,21). The van der Waals surface area contributed by atoms with Crippen LogP contribution in [0.4, 0.5) is 27.8 Å². The van der Waals surface area contributed by atoms with Crippen molar-refractivity contribution in [1.82, 2.24) is 10.2 Å². The Kier molecular flexibility index (Phi) is 4.56. The van der Waals surface area contributed by atoms with Gasteiger partial charge in [-0.3, -0.25) is 9.82 Å². The first-order chi connectivity index (χ1) is 11.2. The Morgan fingerprint density at radius 2 is 1.92 bits per heavy atom. The molecule has 0 aliphatic rings. The van der Waals surface area contributed by atoms with Crippen LogP contribution in [0.5, 0.6) is 0 Å². The fourth-order valence-electron chi connectivity index (χ4n) is 1.58. The second-order valence-electron chi connectivity index (χ2n) is 4.18. The topological polar surface area (TPSA) is 98.6 Å². The van der Waals surface area contributed by atoms with E-state index in [0.717, 1.165) is 18.3 Å². The lowest BCUT2D eigenvalue weighted by Gasteiger charge is -2.07. The highest BCUT2D eigenvalue weighted by Crippen LogP contribution is 2.31. The predicted molar refractivity (Wildman–Crippen MR) is 71.3 cm³/mol. The molecule has 0 aliphatic carbocycles. The van der Waals surface area contributed by atoms with Crippen LogP contribution in [0.1, 0.15) is 11.1 Å². The molecular weight excluding hydrogens is 359 g/mol. The van der Waals surface area contributed by atoms with Crippen molar-refractivity contribution in [1.29, 1.82) is 5.26 Å². The molecular formula is C12H5F5N4O2S. The summed E-state index contributed by atoms with van der Waals surface area (Å²) < 4.78 is 93.0. The van der Waals surface area contributed by atoms with Crippen LogP contribution in [-0.2, 0) is 10.0 Å². The summed E-state index contributed by atoms with van der Waals surface area (Å²) in [6.45, 7) is 0. The van der Waals surface area contributed by atoms with Gasteiger partial charge in [-0.05, 0) is 6.07 Å². The second-order valence-corrected chi connectivity index (χ2v) is 5.75. The van der Waals surface area contributed by atoms with Crippen LogP contribution in [0.25, 0.3) is 5.83 Å². The summed E-state index contributed by atoms with van der Waals surface area (Å²) in [5, 5.41) is 11.4. The van der Waals surface area contributed by atoms with E-state index in [0.29, 0.717) is 0 Å². The number of sulfonamides is 1. The van der Waals surface area contributed by atoms with Gasteiger partial charge in [0.2, 0.25) is 0 Å². The molecule has 0 aliphatic heterocycles. The normalized spacial score (nSPS) is 12.5. The van der Waals surface area contributed by atoms with E-state index in [4.69, 9.17) is 5.26 Å². The molecule has 1 aromatic carbocycles. The molecule has 0 radical (unpaired) electrons. The highest BCUT2D eigenvalue weighted by molar-refractivity contribution is 7.96. The van der Waals surface area contributed by atoms with Gasteiger partial charge in [0, 0.05) is 6.07 Å². The second kappa shape index (κ2) is 6.28. The molecule has 0 fully saturated rings. The molecule has 2 aromatic rings. The molecule has 0 amide bonds. The van der Waals surface area contributed by atoms with Crippen molar-refractivity contribution in [2.75, 3.05) is 4.72 Å². The average Bonchev–Trinajstić information content (AvgIpc) is 3.02. The molecule has 0 bridgehead atoms. The third-order valence-corrected chi connectivity index (χ3v) is 3.80. The summed E-state index contributed by atoms with van der Waals surface area (Å²) in [6.07, 6.45) is 1.10. The van der Waals surface area contributed by atoms with E-state index in [9.17, 15) is 30.4 Å². The van der Waals surface area contributed by atoms with Crippen molar-refractivity contribution < 1.29 is 30.4 Å². The molecule has 0 unspecified atom stereocenters. The van der Waals surface area contributed by atoms with Gasteiger partial charge in [-0.1, -0.05) is 0 Å². The first kappa shape index (κ1) is 17.4. The third kappa shape index (κ3) is 3.06. The molecule has 0 saturated carbocycles. The van der Waals surface area contributed by atoms with Gasteiger partial charge in [0.15, 0.2) is 17.5 Å². The van der Waals surface area contributed by atoms with Crippen molar-refractivity contribution in [2.45, 2.75) is 0 Å². The zero-order valence-corrected chi connectivity index (χ0v) is 12.1. The van der Waals surface area contributed by atoms with Crippen LogP contribution < -0.4 is 4.72 Å². The van der Waals surface area contributed by atoms with Crippen LogP contribution in [0.2, 0.25) is 0 Å². The Morgan fingerprint density at radius 3 is 2.46 bits per heavy atom. The summed E-state index contributed by atoms with van der Waals surface area (Å²) in [5.41, 5.74) is -2.99. The smallest absolute Gasteiger partial charge is 0.262 e. The molecule has 126 valence electrons. The van der Waals surface area contributed by atoms with Crippen LogP contribution >= 0.6 is 0 Å². The summed E-state index contributed by atoms with van der Waals surface area (Å²) in [4.78, 5) is 0. The van der Waals surface area contributed by atoms with Gasteiger partial charge < -0.3 is 0 Å². The van der Waals surface area contributed by atoms with Crippen molar-refractivity contribution in [3.63, 3.8) is 0 Å². The van der Waals surface area contributed by atoms with E-state index < -0.39 is 49.6 Å². The maximum Gasteiger partial charge on any atom is 0.293 e. The number of aromatic nitrogens is 2. The van der Waals surface area contributed by atoms with Gasteiger partial charge in [0.1, 0.15) is 23.3 Å². The summed E-state index contributed by atoms with van der Waals surface area (Å²) in [6, 6.07) is 2.03. The largest absolute Gasteiger partial charge is 0.293 e. The minimum Gasteiger partial charge on any atom is -0.262 e. The molecule has 24 heavy (non-hydrogen) atoms. The number of H-pyrrole nitrogens is 1. The number of halogens is 5.